The first-order chi connectivity index (χ1) is 25.1. The van der Waals surface area contributed by atoms with E-state index in [1.54, 1.807) is 0 Å². The van der Waals surface area contributed by atoms with Crippen LogP contribution in [0.5, 0.6) is 0 Å². The molecule has 8 N–H and O–H groups in total. The molecule has 4 aliphatic carbocycles. The average Bonchev–Trinajstić information content (AvgIpc) is 3.63. The normalized spacial score (nSPS) is 52.5. The lowest BCUT2D eigenvalue weighted by Crippen LogP contribution is -2.65. The van der Waals surface area contributed by atoms with Crippen LogP contribution in [-0.2, 0) is 38.0 Å². The van der Waals surface area contributed by atoms with Crippen LogP contribution in [0, 0.1) is 34.5 Å². The molecule has 2 saturated heterocycles. The number of aliphatic hydroxyl groups is 8. The van der Waals surface area contributed by atoms with Gasteiger partial charge in [-0.15, -0.1) is 0 Å². The Balaban J connectivity index is 1.02. The summed E-state index contributed by atoms with van der Waals surface area (Å²) in [6.45, 7) is 4.52. The van der Waals surface area contributed by atoms with E-state index in [0.717, 1.165) is 31.3 Å². The molecule has 16 heteroatoms. The molecule has 0 spiro atoms. The molecule has 19 atom stereocenters. The molecule has 0 aromatic carbocycles. The van der Waals surface area contributed by atoms with Crippen LogP contribution in [0.2, 0.25) is 0 Å². The molecule has 0 radical (unpaired) electrons. The fourth-order valence-corrected chi connectivity index (χ4v) is 11.7. The molecule has 300 valence electrons. The summed E-state index contributed by atoms with van der Waals surface area (Å²) in [6, 6.07) is 0. The smallest absolute Gasteiger partial charge is 0.331 e. The van der Waals surface area contributed by atoms with Crippen molar-refractivity contribution < 1.29 is 78.9 Å². The molecular weight excluding hydrogens is 700 g/mol. The molecule has 7 aliphatic rings. The van der Waals surface area contributed by atoms with Crippen LogP contribution in [0.4, 0.5) is 0 Å². The second kappa shape index (κ2) is 14.6. The van der Waals surface area contributed by atoms with Gasteiger partial charge in [0.05, 0.1) is 24.9 Å². The molecule has 0 amide bonds. The molecule has 0 aromatic heterocycles. The molecule has 6 fully saturated rings. The SMILES string of the molecule is CC(=O)OC1CC2(O)C3CCC4CC(OC5OC(CO)C(OC6OC(CO)C(O)C(O)C6O)C(O)C5O)CCC4(C)C3CCC2(C)C1C1=CC(=O)OC1. The van der Waals surface area contributed by atoms with Crippen molar-refractivity contribution in [3.05, 3.63) is 11.6 Å². The predicted octanol–water partition coefficient (Wildman–Crippen LogP) is -1.21. The lowest BCUT2D eigenvalue weighted by Gasteiger charge is -2.63. The van der Waals surface area contributed by atoms with Gasteiger partial charge in [-0.1, -0.05) is 13.8 Å². The Morgan fingerprint density at radius 1 is 0.849 bits per heavy atom. The van der Waals surface area contributed by atoms with E-state index in [1.165, 1.54) is 13.0 Å². The third kappa shape index (κ3) is 6.48. The van der Waals surface area contributed by atoms with E-state index in [9.17, 15) is 50.4 Å². The molecule has 3 aliphatic heterocycles. The van der Waals surface area contributed by atoms with Gasteiger partial charge in [0, 0.05) is 30.8 Å². The van der Waals surface area contributed by atoms with Crippen molar-refractivity contribution in [1.82, 2.24) is 0 Å². The zero-order valence-corrected chi connectivity index (χ0v) is 30.4. The molecule has 4 saturated carbocycles. The highest BCUT2D eigenvalue weighted by molar-refractivity contribution is 5.85. The Morgan fingerprint density at radius 3 is 2.19 bits per heavy atom. The number of hydrogen-bond donors (Lipinski definition) is 8. The van der Waals surface area contributed by atoms with Gasteiger partial charge in [-0.2, -0.15) is 0 Å². The van der Waals surface area contributed by atoms with Gasteiger partial charge in [-0.3, -0.25) is 4.79 Å². The van der Waals surface area contributed by atoms with Crippen LogP contribution in [0.3, 0.4) is 0 Å². The van der Waals surface area contributed by atoms with Gasteiger partial charge in [0.1, 0.15) is 61.5 Å². The first-order valence-corrected chi connectivity index (χ1v) is 19.1. The summed E-state index contributed by atoms with van der Waals surface area (Å²) in [5, 5.41) is 85.4. The molecular formula is C37H56O16. The number of esters is 2. The van der Waals surface area contributed by atoms with E-state index in [4.69, 9.17) is 28.4 Å². The minimum atomic E-state index is -1.76. The third-order valence-electron chi connectivity index (χ3n) is 14.5. The van der Waals surface area contributed by atoms with Crippen molar-refractivity contribution >= 4 is 11.9 Å². The molecule has 0 bridgehead atoms. The minimum Gasteiger partial charge on any atom is -0.462 e. The monoisotopic (exact) mass is 756 g/mol. The summed E-state index contributed by atoms with van der Waals surface area (Å²) in [6.07, 6.45) is -9.16. The quantitative estimate of drug-likeness (QED) is 0.107. The van der Waals surface area contributed by atoms with E-state index in [1.807, 2.05) is 0 Å². The fourth-order valence-electron chi connectivity index (χ4n) is 11.7. The van der Waals surface area contributed by atoms with Crippen molar-refractivity contribution in [1.29, 1.82) is 0 Å². The van der Waals surface area contributed by atoms with E-state index in [0.29, 0.717) is 25.7 Å². The van der Waals surface area contributed by atoms with E-state index in [-0.39, 0.29) is 41.8 Å². The van der Waals surface area contributed by atoms with E-state index >= 15 is 0 Å². The number of aliphatic hydroxyl groups excluding tert-OH is 7. The minimum absolute atomic E-state index is 0.0498. The van der Waals surface area contributed by atoms with E-state index < -0.39 is 104 Å². The average molecular weight is 757 g/mol. The molecule has 53 heavy (non-hydrogen) atoms. The molecule has 7 rings (SSSR count). The van der Waals surface area contributed by atoms with Crippen LogP contribution < -0.4 is 0 Å². The Morgan fingerprint density at radius 2 is 1.53 bits per heavy atom. The zero-order valence-electron chi connectivity index (χ0n) is 30.4. The Bertz CT molecular complexity index is 1410. The zero-order chi connectivity index (χ0) is 38.2. The predicted molar refractivity (Wildman–Crippen MR) is 178 cm³/mol. The lowest BCUT2D eigenvalue weighted by atomic mass is 9.43. The summed E-state index contributed by atoms with van der Waals surface area (Å²) in [5.41, 5.74) is -1.12. The molecule has 3 heterocycles. The van der Waals surface area contributed by atoms with Gasteiger partial charge in [0.25, 0.3) is 0 Å². The second-order valence-corrected chi connectivity index (χ2v) is 17.1. The summed E-state index contributed by atoms with van der Waals surface area (Å²) in [7, 11) is 0. The van der Waals surface area contributed by atoms with Gasteiger partial charge in [-0.05, 0) is 73.7 Å². The Kier molecular flexibility index (Phi) is 10.9. The van der Waals surface area contributed by atoms with Gasteiger partial charge >= 0.3 is 11.9 Å². The molecule has 16 nitrogen and oxygen atoms in total. The third-order valence-corrected chi connectivity index (χ3v) is 14.5. The van der Waals surface area contributed by atoms with Crippen LogP contribution >= 0.6 is 0 Å². The second-order valence-electron chi connectivity index (χ2n) is 17.1. The van der Waals surface area contributed by atoms with Crippen molar-refractivity contribution in [3.8, 4) is 0 Å². The van der Waals surface area contributed by atoms with Gasteiger partial charge < -0.3 is 69.3 Å². The number of cyclic esters (lactones) is 1. The van der Waals surface area contributed by atoms with Crippen LogP contribution in [0.15, 0.2) is 11.6 Å². The highest BCUT2D eigenvalue weighted by Gasteiger charge is 2.71. The number of fused-ring (bicyclic) bond motifs is 5. The Hall–Kier alpha value is -1.80. The number of carbonyl (C=O) groups excluding carboxylic acids is 2. The van der Waals surface area contributed by atoms with Crippen molar-refractivity contribution in [2.24, 2.45) is 34.5 Å². The van der Waals surface area contributed by atoms with Gasteiger partial charge in [-0.25, -0.2) is 4.79 Å². The largest absolute Gasteiger partial charge is 0.462 e. The van der Waals surface area contributed by atoms with Crippen molar-refractivity contribution in [3.63, 3.8) is 0 Å². The van der Waals surface area contributed by atoms with Crippen molar-refractivity contribution in [2.45, 2.75) is 151 Å². The first-order valence-electron chi connectivity index (χ1n) is 19.1. The molecule has 0 aromatic rings. The highest BCUT2D eigenvalue weighted by atomic mass is 16.7. The summed E-state index contributed by atoms with van der Waals surface area (Å²) in [4.78, 5) is 24.3. The van der Waals surface area contributed by atoms with Crippen LogP contribution in [0.1, 0.15) is 72.1 Å². The van der Waals surface area contributed by atoms with Gasteiger partial charge in [0.2, 0.25) is 0 Å². The summed E-state index contributed by atoms with van der Waals surface area (Å²) < 4.78 is 34.4. The first kappa shape index (κ1) is 39.4. The fraction of sp³-hybridized carbons (Fsp3) is 0.892. The maximum absolute atomic E-state index is 12.8. The van der Waals surface area contributed by atoms with Gasteiger partial charge in [0.15, 0.2) is 12.6 Å². The van der Waals surface area contributed by atoms with Crippen molar-refractivity contribution in [2.75, 3.05) is 19.8 Å². The van der Waals surface area contributed by atoms with E-state index in [2.05, 4.69) is 13.8 Å². The number of ether oxygens (including phenoxy) is 6. The van der Waals surface area contributed by atoms with Crippen LogP contribution in [-0.4, -0.2) is 152 Å². The van der Waals surface area contributed by atoms with Crippen LogP contribution in [0.25, 0.3) is 0 Å². The topological polar surface area (TPSA) is 251 Å². The maximum atomic E-state index is 12.8. The summed E-state index contributed by atoms with van der Waals surface area (Å²) >= 11 is 0. The maximum Gasteiger partial charge on any atom is 0.331 e. The lowest BCUT2D eigenvalue weighted by molar-refractivity contribution is -0.364. The highest BCUT2D eigenvalue weighted by Crippen LogP contribution is 2.70. The number of hydrogen-bond acceptors (Lipinski definition) is 16. The standard InChI is InChI=1S/C37H56O16/c1-16(40)49-22-12-37(47)21-5-4-18-11-19(6-8-35(18,2)20(21)7-9-36(37,3)26(22)17-10-25(41)48-15-17)50-33-31(46)29(44)32(24(14-39)52-33)53-34-30(45)28(43)27(42)23(13-38)51-34/h10,18-24,26-34,38-39,42-47H,4-9,11-15H2,1-3H3. The number of rotatable bonds is 8. The Labute approximate surface area is 308 Å². The summed E-state index contributed by atoms with van der Waals surface area (Å²) in [5.74, 6) is -0.821. The number of carbonyl (C=O) groups is 2. The molecule has 19 unspecified atom stereocenters.